The second-order valence-electron chi connectivity index (χ2n) is 4.15. The largest absolute Gasteiger partial charge is 0.358 e. The average molecular weight is 252 g/mol. The molecule has 1 aromatic carbocycles. The summed E-state index contributed by atoms with van der Waals surface area (Å²) in [5, 5.41) is 2.60. The zero-order valence-electron chi connectivity index (χ0n) is 10.6. The molecule has 0 aliphatic rings. The third kappa shape index (κ3) is 4.40. The van der Waals surface area contributed by atoms with Gasteiger partial charge in [0.15, 0.2) is 0 Å². The van der Waals surface area contributed by atoms with E-state index in [0.717, 1.165) is 5.75 Å². The van der Waals surface area contributed by atoms with Crippen molar-refractivity contribution in [3.63, 3.8) is 0 Å². The predicted molar refractivity (Wildman–Crippen MR) is 74.2 cm³/mol. The minimum Gasteiger partial charge on any atom is -0.358 e. The van der Waals surface area contributed by atoms with Crippen LogP contribution in [0.5, 0.6) is 0 Å². The molecule has 1 rings (SSSR count). The van der Waals surface area contributed by atoms with E-state index >= 15 is 0 Å². The molecule has 0 fully saturated rings. The van der Waals surface area contributed by atoms with Crippen molar-refractivity contribution in [2.24, 2.45) is 5.73 Å². The lowest BCUT2D eigenvalue weighted by atomic mass is 10.0. The van der Waals surface area contributed by atoms with Crippen molar-refractivity contribution in [1.29, 1.82) is 0 Å². The van der Waals surface area contributed by atoms with Crippen LogP contribution in [0.4, 0.5) is 0 Å². The summed E-state index contributed by atoms with van der Waals surface area (Å²) in [5.41, 5.74) is 9.75. The molecule has 1 unspecified atom stereocenters. The van der Waals surface area contributed by atoms with Crippen molar-refractivity contribution < 1.29 is 4.79 Å². The minimum absolute atomic E-state index is 0.00967. The van der Waals surface area contributed by atoms with Gasteiger partial charge in [-0.3, -0.25) is 4.79 Å². The maximum atomic E-state index is 11.1. The van der Waals surface area contributed by atoms with Crippen LogP contribution < -0.4 is 11.1 Å². The van der Waals surface area contributed by atoms with Crippen LogP contribution in [-0.2, 0) is 4.79 Å². The Balaban J connectivity index is 2.54. The third-order valence-corrected chi connectivity index (χ3v) is 3.70. The normalized spacial score (nSPS) is 12.2. The number of aryl methyl sites for hydroxylation is 2. The summed E-state index contributed by atoms with van der Waals surface area (Å²) >= 11 is 1.57. The van der Waals surface area contributed by atoms with Crippen molar-refractivity contribution in [2.75, 3.05) is 18.6 Å². The van der Waals surface area contributed by atoms with Crippen LogP contribution in [0.3, 0.4) is 0 Å². The number of nitrogens with one attached hydrogen (secondary N) is 1. The molecule has 3 N–H and O–H groups in total. The van der Waals surface area contributed by atoms with E-state index in [1.165, 1.54) is 16.7 Å². The number of hydrogen-bond donors (Lipinski definition) is 2. The number of rotatable bonds is 5. The fourth-order valence-corrected chi connectivity index (χ4v) is 2.48. The molecule has 0 heterocycles. The summed E-state index contributed by atoms with van der Waals surface area (Å²) in [6, 6.07) is 6.29. The summed E-state index contributed by atoms with van der Waals surface area (Å²) in [7, 11) is 1.65. The Kier molecular flexibility index (Phi) is 5.51. The predicted octanol–water partition coefficient (Wildman–Crippen LogP) is 1.78. The van der Waals surface area contributed by atoms with E-state index in [-0.39, 0.29) is 11.9 Å². The molecule has 1 aromatic rings. The summed E-state index contributed by atoms with van der Waals surface area (Å²) in [4.78, 5) is 11.1. The number of amides is 1. The van der Waals surface area contributed by atoms with Crippen LogP contribution >= 0.6 is 11.8 Å². The number of carbonyl (C=O) groups is 1. The Bertz CT molecular complexity index is 393. The van der Waals surface area contributed by atoms with Crippen molar-refractivity contribution in [1.82, 2.24) is 5.32 Å². The first-order valence-corrected chi connectivity index (χ1v) is 6.81. The average Bonchev–Trinajstić information content (AvgIpc) is 2.31. The van der Waals surface area contributed by atoms with Gasteiger partial charge < -0.3 is 11.1 Å². The molecular weight excluding hydrogens is 232 g/mol. The quantitative estimate of drug-likeness (QED) is 0.840. The van der Waals surface area contributed by atoms with Gasteiger partial charge in [-0.15, -0.1) is 0 Å². The van der Waals surface area contributed by atoms with Gasteiger partial charge in [0, 0.05) is 18.8 Å². The lowest BCUT2D eigenvalue weighted by Crippen LogP contribution is -2.21. The van der Waals surface area contributed by atoms with Crippen LogP contribution in [0.1, 0.15) is 22.7 Å². The lowest BCUT2D eigenvalue weighted by molar-refractivity contribution is -0.118. The van der Waals surface area contributed by atoms with Crippen molar-refractivity contribution in [3.05, 3.63) is 34.9 Å². The number of benzene rings is 1. The summed E-state index contributed by atoms with van der Waals surface area (Å²) in [6.07, 6.45) is 0. The van der Waals surface area contributed by atoms with E-state index in [4.69, 9.17) is 5.73 Å². The van der Waals surface area contributed by atoms with Gasteiger partial charge in [0.05, 0.1) is 5.75 Å². The van der Waals surface area contributed by atoms with Gasteiger partial charge in [-0.1, -0.05) is 23.8 Å². The molecule has 0 saturated heterocycles. The van der Waals surface area contributed by atoms with Gasteiger partial charge in [0.25, 0.3) is 0 Å². The Hall–Kier alpha value is -1.00. The maximum absolute atomic E-state index is 11.1. The highest BCUT2D eigenvalue weighted by Gasteiger charge is 2.10. The SMILES string of the molecule is CNC(=O)CSCC(N)c1cc(C)ccc1C. The molecule has 0 saturated carbocycles. The molecule has 17 heavy (non-hydrogen) atoms. The van der Waals surface area contributed by atoms with Gasteiger partial charge in [0.2, 0.25) is 5.91 Å². The molecule has 0 aliphatic heterocycles. The summed E-state index contributed by atoms with van der Waals surface area (Å²) < 4.78 is 0. The topological polar surface area (TPSA) is 55.1 Å². The minimum atomic E-state index is -0.00967. The maximum Gasteiger partial charge on any atom is 0.229 e. The Morgan fingerprint density at radius 2 is 2.18 bits per heavy atom. The molecule has 3 nitrogen and oxygen atoms in total. The van der Waals surface area contributed by atoms with Crippen LogP contribution in [-0.4, -0.2) is 24.5 Å². The second-order valence-corrected chi connectivity index (χ2v) is 5.19. The van der Waals surface area contributed by atoms with E-state index in [9.17, 15) is 4.79 Å². The standard InChI is InChI=1S/C13H20N2OS/c1-9-4-5-10(2)11(6-9)12(14)7-17-8-13(16)15-3/h4-6,12H,7-8,14H2,1-3H3,(H,15,16). The monoisotopic (exact) mass is 252 g/mol. The molecule has 1 amide bonds. The smallest absolute Gasteiger partial charge is 0.229 e. The highest BCUT2D eigenvalue weighted by atomic mass is 32.2. The molecule has 0 bridgehead atoms. The van der Waals surface area contributed by atoms with Crippen LogP contribution in [0.15, 0.2) is 18.2 Å². The highest BCUT2D eigenvalue weighted by molar-refractivity contribution is 7.99. The zero-order chi connectivity index (χ0) is 12.8. The first-order chi connectivity index (χ1) is 8.04. The molecule has 1 atom stereocenters. The molecule has 0 radical (unpaired) electrons. The van der Waals surface area contributed by atoms with Gasteiger partial charge in [-0.05, 0) is 25.0 Å². The van der Waals surface area contributed by atoms with Crippen molar-refractivity contribution >= 4 is 17.7 Å². The number of nitrogens with two attached hydrogens (primary N) is 1. The van der Waals surface area contributed by atoms with Crippen LogP contribution in [0.2, 0.25) is 0 Å². The molecule has 0 spiro atoms. The lowest BCUT2D eigenvalue weighted by Gasteiger charge is -2.15. The number of thioether (sulfide) groups is 1. The van der Waals surface area contributed by atoms with E-state index in [2.05, 4.69) is 37.4 Å². The first kappa shape index (κ1) is 14.1. The Morgan fingerprint density at radius 3 is 2.82 bits per heavy atom. The molecule has 0 aliphatic carbocycles. The number of hydrogen-bond acceptors (Lipinski definition) is 3. The van der Waals surface area contributed by atoms with Crippen molar-refractivity contribution in [2.45, 2.75) is 19.9 Å². The van der Waals surface area contributed by atoms with E-state index < -0.39 is 0 Å². The third-order valence-electron chi connectivity index (χ3n) is 2.64. The molecule has 94 valence electrons. The van der Waals surface area contributed by atoms with Gasteiger partial charge in [0.1, 0.15) is 0 Å². The fraction of sp³-hybridized carbons (Fsp3) is 0.462. The van der Waals surface area contributed by atoms with Gasteiger partial charge in [-0.25, -0.2) is 0 Å². The number of carbonyl (C=O) groups excluding carboxylic acids is 1. The molecule has 4 heteroatoms. The summed E-state index contributed by atoms with van der Waals surface area (Å²) in [5.74, 6) is 1.27. The van der Waals surface area contributed by atoms with E-state index in [1.54, 1.807) is 18.8 Å². The van der Waals surface area contributed by atoms with Gasteiger partial charge in [-0.2, -0.15) is 11.8 Å². The molecular formula is C13H20N2OS. The van der Waals surface area contributed by atoms with Crippen LogP contribution in [0.25, 0.3) is 0 Å². The summed E-state index contributed by atoms with van der Waals surface area (Å²) in [6.45, 7) is 4.13. The molecule has 0 aromatic heterocycles. The second kappa shape index (κ2) is 6.67. The first-order valence-electron chi connectivity index (χ1n) is 5.65. The highest BCUT2D eigenvalue weighted by Crippen LogP contribution is 2.20. The van der Waals surface area contributed by atoms with Crippen LogP contribution in [0, 0.1) is 13.8 Å². The Morgan fingerprint density at radius 1 is 1.47 bits per heavy atom. The van der Waals surface area contributed by atoms with E-state index in [1.807, 2.05) is 0 Å². The van der Waals surface area contributed by atoms with E-state index in [0.29, 0.717) is 5.75 Å². The zero-order valence-corrected chi connectivity index (χ0v) is 11.4. The fourth-order valence-electron chi connectivity index (χ4n) is 1.60. The van der Waals surface area contributed by atoms with Gasteiger partial charge >= 0.3 is 0 Å². The Labute approximate surface area is 107 Å². The van der Waals surface area contributed by atoms with Crippen molar-refractivity contribution in [3.8, 4) is 0 Å².